The fourth-order valence-electron chi connectivity index (χ4n) is 3.08. The molecule has 1 fully saturated rings. The first-order valence-electron chi connectivity index (χ1n) is 7.83. The zero-order valence-electron chi connectivity index (χ0n) is 14.1. The van der Waals surface area contributed by atoms with Crippen molar-refractivity contribution in [3.63, 3.8) is 0 Å². The Morgan fingerprint density at radius 3 is 2.79 bits per heavy atom. The number of hydrogen-bond acceptors (Lipinski definition) is 5. The van der Waals surface area contributed by atoms with Gasteiger partial charge < -0.3 is 4.90 Å². The van der Waals surface area contributed by atoms with Crippen LogP contribution in [0.25, 0.3) is 0 Å². The van der Waals surface area contributed by atoms with Gasteiger partial charge in [-0.05, 0) is 30.9 Å². The number of rotatable bonds is 4. The molecule has 1 aromatic heterocycles. The van der Waals surface area contributed by atoms with Gasteiger partial charge in [0.15, 0.2) is 5.03 Å². The first kappa shape index (κ1) is 18.4. The number of pyridine rings is 1. The van der Waals surface area contributed by atoms with E-state index in [4.69, 9.17) is 0 Å². The van der Waals surface area contributed by atoms with Crippen LogP contribution < -0.4 is 4.72 Å². The molecule has 0 aromatic carbocycles. The summed E-state index contributed by atoms with van der Waals surface area (Å²) in [5.74, 6) is -0.195. The molecule has 130 valence electrons. The third-order valence-corrected chi connectivity index (χ3v) is 5.70. The molecule has 1 N–H and O–H groups in total. The Balaban J connectivity index is 2.41. The highest BCUT2D eigenvalue weighted by Crippen LogP contribution is 2.33. The normalized spacial score (nSPS) is 24.2. The van der Waals surface area contributed by atoms with Gasteiger partial charge in [-0.25, -0.2) is 13.4 Å². The molecule has 2 unspecified atom stereocenters. The second-order valence-electron chi connectivity index (χ2n) is 6.56. The standard InChI is InChI=1S/C16H22N4O3S/c1-12-6-4-8-16(10-12,11-17)19-24(22,23)14-13(7-5-9-18-14)15(21)20(2)3/h5,7,9,12,19H,4,6,8,10H2,1-3H3. The van der Waals surface area contributed by atoms with Gasteiger partial charge in [-0.1, -0.05) is 19.8 Å². The lowest BCUT2D eigenvalue weighted by molar-refractivity contribution is 0.0823. The van der Waals surface area contributed by atoms with Gasteiger partial charge >= 0.3 is 0 Å². The highest BCUT2D eigenvalue weighted by molar-refractivity contribution is 7.89. The van der Waals surface area contributed by atoms with Crippen molar-refractivity contribution < 1.29 is 13.2 Å². The number of hydrogen-bond donors (Lipinski definition) is 1. The van der Waals surface area contributed by atoms with Crippen molar-refractivity contribution in [2.45, 2.75) is 43.2 Å². The van der Waals surface area contributed by atoms with Crippen LogP contribution in [0.1, 0.15) is 43.0 Å². The minimum absolute atomic E-state index is 0.00746. The molecular formula is C16H22N4O3S. The van der Waals surface area contributed by atoms with Crippen LogP contribution in [-0.4, -0.2) is 43.8 Å². The van der Waals surface area contributed by atoms with Gasteiger partial charge in [0, 0.05) is 20.3 Å². The van der Waals surface area contributed by atoms with Gasteiger partial charge in [0.25, 0.3) is 15.9 Å². The minimum Gasteiger partial charge on any atom is -0.345 e. The summed E-state index contributed by atoms with van der Waals surface area (Å²) in [4.78, 5) is 17.4. The maximum absolute atomic E-state index is 12.8. The van der Waals surface area contributed by atoms with Gasteiger partial charge in [0.05, 0.1) is 11.6 Å². The summed E-state index contributed by atoms with van der Waals surface area (Å²) in [5, 5.41) is 9.23. The second-order valence-corrected chi connectivity index (χ2v) is 8.15. The Morgan fingerprint density at radius 1 is 1.50 bits per heavy atom. The molecule has 1 aromatic rings. The Bertz CT molecular complexity index is 770. The fourth-order valence-corrected chi connectivity index (χ4v) is 4.57. The van der Waals surface area contributed by atoms with E-state index in [0.717, 1.165) is 12.8 Å². The van der Waals surface area contributed by atoms with E-state index in [2.05, 4.69) is 15.8 Å². The van der Waals surface area contributed by atoms with E-state index in [0.29, 0.717) is 12.8 Å². The number of nitrogens with zero attached hydrogens (tertiary/aromatic N) is 3. The van der Waals surface area contributed by atoms with Gasteiger partial charge in [0.2, 0.25) is 0 Å². The van der Waals surface area contributed by atoms with E-state index in [9.17, 15) is 18.5 Å². The molecule has 1 aliphatic rings. The molecule has 0 bridgehead atoms. The predicted molar refractivity (Wildman–Crippen MR) is 88.6 cm³/mol. The van der Waals surface area contributed by atoms with E-state index in [1.807, 2.05) is 6.92 Å². The van der Waals surface area contributed by atoms with Crippen molar-refractivity contribution in [3.8, 4) is 6.07 Å². The number of aromatic nitrogens is 1. The molecule has 7 nitrogen and oxygen atoms in total. The van der Waals surface area contributed by atoms with E-state index >= 15 is 0 Å². The maximum atomic E-state index is 12.8. The molecule has 1 saturated carbocycles. The number of carbonyl (C=O) groups is 1. The van der Waals surface area contributed by atoms with Crippen LogP contribution in [0, 0.1) is 17.2 Å². The van der Waals surface area contributed by atoms with Crippen LogP contribution in [0.2, 0.25) is 0 Å². The maximum Gasteiger partial charge on any atom is 0.260 e. The Labute approximate surface area is 142 Å². The monoisotopic (exact) mass is 350 g/mol. The van der Waals surface area contributed by atoms with Crippen molar-refractivity contribution in [3.05, 3.63) is 23.9 Å². The number of sulfonamides is 1. The van der Waals surface area contributed by atoms with E-state index in [1.165, 1.54) is 23.2 Å². The summed E-state index contributed by atoms with van der Waals surface area (Å²) in [7, 11) is -1.01. The quantitative estimate of drug-likeness (QED) is 0.887. The first-order chi connectivity index (χ1) is 11.2. The lowest BCUT2D eigenvalue weighted by Crippen LogP contribution is -2.50. The molecule has 1 aliphatic carbocycles. The van der Waals surface area contributed by atoms with Crippen LogP contribution in [0.3, 0.4) is 0 Å². The van der Waals surface area contributed by atoms with Crippen molar-refractivity contribution in [2.24, 2.45) is 5.92 Å². The topological polar surface area (TPSA) is 103 Å². The average molecular weight is 350 g/mol. The van der Waals surface area contributed by atoms with Crippen LogP contribution in [0.5, 0.6) is 0 Å². The minimum atomic E-state index is -4.09. The summed E-state index contributed by atoms with van der Waals surface area (Å²) in [6, 6.07) is 5.07. The van der Waals surface area contributed by atoms with Crippen molar-refractivity contribution in [1.29, 1.82) is 5.26 Å². The highest BCUT2D eigenvalue weighted by atomic mass is 32.2. The highest BCUT2D eigenvalue weighted by Gasteiger charge is 2.40. The Hall–Kier alpha value is -1.98. The molecule has 0 radical (unpaired) electrons. The largest absolute Gasteiger partial charge is 0.345 e. The molecule has 2 atom stereocenters. The van der Waals surface area contributed by atoms with Crippen LogP contribution in [0.4, 0.5) is 0 Å². The molecule has 0 saturated heterocycles. The number of amides is 1. The van der Waals surface area contributed by atoms with Gasteiger partial charge in [0.1, 0.15) is 5.54 Å². The first-order valence-corrected chi connectivity index (χ1v) is 9.31. The van der Waals surface area contributed by atoms with Gasteiger partial charge in [-0.2, -0.15) is 9.98 Å². The molecule has 8 heteroatoms. The van der Waals surface area contributed by atoms with E-state index < -0.39 is 21.5 Å². The smallest absolute Gasteiger partial charge is 0.260 e. The number of nitrogens with one attached hydrogen (secondary N) is 1. The third-order valence-electron chi connectivity index (χ3n) is 4.20. The van der Waals surface area contributed by atoms with Crippen LogP contribution in [0.15, 0.2) is 23.4 Å². The molecular weight excluding hydrogens is 328 g/mol. The summed E-state index contributed by atoms with van der Waals surface area (Å²) >= 11 is 0. The Kier molecular flexibility index (Phi) is 5.26. The lowest BCUT2D eigenvalue weighted by Gasteiger charge is -2.34. The zero-order chi connectivity index (χ0) is 18.0. The molecule has 2 rings (SSSR count). The summed E-state index contributed by atoms with van der Waals surface area (Å²) in [6.07, 6.45) is 3.98. The Morgan fingerprint density at radius 2 is 2.21 bits per heavy atom. The van der Waals surface area contributed by atoms with Crippen LogP contribution >= 0.6 is 0 Å². The van der Waals surface area contributed by atoms with Crippen molar-refractivity contribution in [2.75, 3.05) is 14.1 Å². The third kappa shape index (κ3) is 3.74. The SMILES string of the molecule is CC1CCCC(C#N)(NS(=O)(=O)c2ncccc2C(=O)N(C)C)C1. The molecule has 24 heavy (non-hydrogen) atoms. The molecule has 1 amide bonds. The number of nitriles is 1. The second kappa shape index (κ2) is 6.87. The predicted octanol–water partition coefficient (Wildman–Crippen LogP) is 1.53. The number of carbonyl (C=O) groups excluding carboxylic acids is 1. The summed E-state index contributed by atoms with van der Waals surface area (Å²) in [6.45, 7) is 2.00. The lowest BCUT2D eigenvalue weighted by atomic mass is 9.78. The molecule has 0 aliphatic heterocycles. The fraction of sp³-hybridized carbons (Fsp3) is 0.562. The van der Waals surface area contributed by atoms with Crippen molar-refractivity contribution in [1.82, 2.24) is 14.6 Å². The summed E-state index contributed by atoms with van der Waals surface area (Å²) in [5.41, 5.74) is -1.15. The summed E-state index contributed by atoms with van der Waals surface area (Å²) < 4.78 is 28.2. The molecule has 1 heterocycles. The van der Waals surface area contributed by atoms with E-state index in [-0.39, 0.29) is 16.5 Å². The van der Waals surface area contributed by atoms with Gasteiger partial charge in [-0.15, -0.1) is 0 Å². The van der Waals surface area contributed by atoms with Crippen molar-refractivity contribution >= 4 is 15.9 Å². The van der Waals surface area contributed by atoms with Crippen LogP contribution in [-0.2, 0) is 10.0 Å². The molecule has 0 spiro atoms. The van der Waals surface area contributed by atoms with E-state index in [1.54, 1.807) is 14.1 Å². The zero-order valence-corrected chi connectivity index (χ0v) is 14.9. The van der Waals surface area contributed by atoms with Gasteiger partial charge in [-0.3, -0.25) is 4.79 Å². The average Bonchev–Trinajstić information content (AvgIpc) is 2.53.